The molecule has 3 heteroatoms. The number of hydrogen-bond donors (Lipinski definition) is 3. The van der Waals surface area contributed by atoms with Gasteiger partial charge in [-0.2, -0.15) is 0 Å². The molecule has 4 fully saturated rings. The monoisotopic (exact) mass is 335 g/mol. The topological polar surface area (TPSA) is 66.5 Å². The van der Waals surface area contributed by atoms with Crippen LogP contribution in [0.2, 0.25) is 0 Å². The average molecular weight is 336 g/mol. The SMILES string of the molecule is CC(O)[C@H]1CC[C@@]2(N)[C@@H]3CC[C@@H]4C[C@@H](O)CC[C@]4(C)[C@H]3CC[C@]12C. The van der Waals surface area contributed by atoms with E-state index in [1.54, 1.807) is 0 Å². The second kappa shape index (κ2) is 5.44. The fourth-order valence-electron chi connectivity index (χ4n) is 8.12. The normalized spacial score (nSPS) is 58.5. The van der Waals surface area contributed by atoms with Gasteiger partial charge in [-0.25, -0.2) is 0 Å². The number of hydrogen-bond acceptors (Lipinski definition) is 3. The summed E-state index contributed by atoms with van der Waals surface area (Å²) >= 11 is 0. The molecule has 24 heavy (non-hydrogen) atoms. The number of rotatable bonds is 1. The van der Waals surface area contributed by atoms with Crippen molar-refractivity contribution in [2.45, 2.75) is 96.3 Å². The number of aliphatic hydroxyl groups excluding tert-OH is 2. The molecule has 0 aromatic carbocycles. The lowest BCUT2D eigenvalue weighted by molar-refractivity contribution is -0.141. The van der Waals surface area contributed by atoms with E-state index in [4.69, 9.17) is 5.73 Å². The van der Waals surface area contributed by atoms with Crippen LogP contribution in [-0.2, 0) is 0 Å². The van der Waals surface area contributed by atoms with Crippen molar-refractivity contribution in [2.24, 2.45) is 40.2 Å². The van der Waals surface area contributed by atoms with Gasteiger partial charge >= 0.3 is 0 Å². The first-order valence-electron chi connectivity index (χ1n) is 10.4. The molecule has 138 valence electrons. The molecule has 0 amide bonds. The molecule has 4 aliphatic carbocycles. The van der Waals surface area contributed by atoms with Gasteiger partial charge in [0.15, 0.2) is 0 Å². The Labute approximate surface area is 147 Å². The Kier molecular flexibility index (Phi) is 3.92. The van der Waals surface area contributed by atoms with Gasteiger partial charge in [-0.05, 0) is 99.2 Å². The summed E-state index contributed by atoms with van der Waals surface area (Å²) in [6, 6.07) is 0. The van der Waals surface area contributed by atoms with Crippen molar-refractivity contribution in [3.63, 3.8) is 0 Å². The van der Waals surface area contributed by atoms with Crippen molar-refractivity contribution in [3.8, 4) is 0 Å². The highest BCUT2D eigenvalue weighted by Gasteiger charge is 2.66. The maximum absolute atomic E-state index is 10.4. The molecule has 0 heterocycles. The van der Waals surface area contributed by atoms with Gasteiger partial charge in [0.1, 0.15) is 0 Å². The third kappa shape index (κ3) is 2.07. The molecule has 4 N–H and O–H groups in total. The van der Waals surface area contributed by atoms with Crippen LogP contribution in [0.1, 0.15) is 78.6 Å². The van der Waals surface area contributed by atoms with Gasteiger partial charge in [-0.15, -0.1) is 0 Å². The van der Waals surface area contributed by atoms with E-state index in [0.717, 1.165) is 31.6 Å². The summed E-state index contributed by atoms with van der Waals surface area (Å²) in [7, 11) is 0. The fourth-order valence-corrected chi connectivity index (χ4v) is 8.12. The molecular formula is C21H37NO2. The first kappa shape index (κ1) is 17.3. The van der Waals surface area contributed by atoms with Crippen molar-refractivity contribution in [2.75, 3.05) is 0 Å². The van der Waals surface area contributed by atoms with Crippen LogP contribution in [0.3, 0.4) is 0 Å². The van der Waals surface area contributed by atoms with Gasteiger partial charge in [-0.1, -0.05) is 13.8 Å². The predicted octanol–water partition coefficient (Wildman–Crippen LogP) is 3.47. The van der Waals surface area contributed by atoms with E-state index in [-0.39, 0.29) is 23.2 Å². The molecule has 3 nitrogen and oxygen atoms in total. The molecule has 0 saturated heterocycles. The van der Waals surface area contributed by atoms with Crippen molar-refractivity contribution < 1.29 is 10.2 Å². The van der Waals surface area contributed by atoms with Crippen molar-refractivity contribution in [3.05, 3.63) is 0 Å². The second-order valence-electron chi connectivity index (χ2n) is 10.3. The Hall–Kier alpha value is -0.120. The lowest BCUT2D eigenvalue weighted by atomic mass is 9.42. The standard InChI is InChI=1S/C21H37NO2/c1-13(23)16-8-11-21(22)18-5-4-14-12-15(24)6-9-19(14,2)17(18)7-10-20(16,21)3/h13-18,23-24H,4-12,22H2,1-3H3/t13?,14-,15+,16-,17+,18-,19+,20-,21-/m1/s1. The fraction of sp³-hybridized carbons (Fsp3) is 1.00. The van der Waals surface area contributed by atoms with Crippen LogP contribution < -0.4 is 5.73 Å². The van der Waals surface area contributed by atoms with Gasteiger partial charge in [0.05, 0.1) is 12.2 Å². The van der Waals surface area contributed by atoms with Gasteiger partial charge in [-0.3, -0.25) is 0 Å². The van der Waals surface area contributed by atoms with E-state index in [0.29, 0.717) is 23.2 Å². The number of fused-ring (bicyclic) bond motifs is 5. The Morgan fingerprint density at radius 2 is 1.71 bits per heavy atom. The molecule has 1 unspecified atom stereocenters. The van der Waals surface area contributed by atoms with Gasteiger partial charge in [0, 0.05) is 5.54 Å². The minimum atomic E-state index is -0.242. The third-order valence-corrected chi connectivity index (χ3v) is 9.63. The minimum absolute atomic E-state index is 0.0774. The lowest BCUT2D eigenvalue weighted by Crippen LogP contribution is -2.66. The number of aliphatic hydroxyl groups is 2. The molecule has 0 aromatic rings. The summed E-state index contributed by atoms with van der Waals surface area (Å²) in [5.74, 6) is 2.37. The minimum Gasteiger partial charge on any atom is -0.393 e. The van der Waals surface area contributed by atoms with Crippen molar-refractivity contribution in [1.82, 2.24) is 0 Å². The summed E-state index contributed by atoms with van der Waals surface area (Å²) in [4.78, 5) is 0. The average Bonchev–Trinajstić information content (AvgIpc) is 2.80. The van der Waals surface area contributed by atoms with Crippen LogP contribution in [0.25, 0.3) is 0 Å². The Morgan fingerprint density at radius 3 is 2.42 bits per heavy atom. The molecular weight excluding hydrogens is 298 g/mol. The number of nitrogens with two attached hydrogens (primary N) is 1. The quantitative estimate of drug-likeness (QED) is 0.687. The Morgan fingerprint density at radius 1 is 0.958 bits per heavy atom. The largest absolute Gasteiger partial charge is 0.393 e. The van der Waals surface area contributed by atoms with E-state index in [2.05, 4.69) is 13.8 Å². The zero-order valence-corrected chi connectivity index (χ0v) is 15.8. The van der Waals surface area contributed by atoms with Crippen LogP contribution in [0.5, 0.6) is 0 Å². The van der Waals surface area contributed by atoms with E-state index in [1.165, 1.54) is 32.1 Å². The van der Waals surface area contributed by atoms with Crippen LogP contribution >= 0.6 is 0 Å². The molecule has 4 aliphatic rings. The summed E-state index contributed by atoms with van der Waals surface area (Å²) < 4.78 is 0. The zero-order chi connectivity index (χ0) is 17.3. The predicted molar refractivity (Wildman–Crippen MR) is 96.3 cm³/mol. The lowest BCUT2D eigenvalue weighted by Gasteiger charge is -2.64. The van der Waals surface area contributed by atoms with Crippen LogP contribution in [-0.4, -0.2) is 28.0 Å². The zero-order valence-electron chi connectivity index (χ0n) is 15.8. The van der Waals surface area contributed by atoms with Crippen LogP contribution in [0.4, 0.5) is 0 Å². The van der Waals surface area contributed by atoms with Crippen molar-refractivity contribution >= 4 is 0 Å². The summed E-state index contributed by atoms with van der Waals surface area (Å²) in [6.45, 7) is 6.86. The smallest absolute Gasteiger partial charge is 0.0546 e. The van der Waals surface area contributed by atoms with Crippen LogP contribution in [0.15, 0.2) is 0 Å². The molecule has 0 bridgehead atoms. The molecule has 4 rings (SSSR count). The van der Waals surface area contributed by atoms with Gasteiger partial charge in [0.25, 0.3) is 0 Å². The van der Waals surface area contributed by atoms with E-state index >= 15 is 0 Å². The maximum Gasteiger partial charge on any atom is 0.0546 e. The highest BCUT2D eigenvalue weighted by molar-refractivity contribution is 5.19. The second-order valence-corrected chi connectivity index (χ2v) is 10.3. The van der Waals surface area contributed by atoms with E-state index < -0.39 is 0 Å². The molecule has 4 saturated carbocycles. The first-order chi connectivity index (χ1) is 11.2. The molecule has 0 aliphatic heterocycles. The Bertz CT molecular complexity index is 508. The van der Waals surface area contributed by atoms with Crippen LogP contribution in [0, 0.1) is 34.5 Å². The molecule has 0 aromatic heterocycles. The highest BCUT2D eigenvalue weighted by atomic mass is 16.3. The highest BCUT2D eigenvalue weighted by Crippen LogP contribution is 2.68. The summed E-state index contributed by atoms with van der Waals surface area (Å²) in [6.07, 6.45) is 9.92. The Balaban J connectivity index is 1.66. The van der Waals surface area contributed by atoms with Gasteiger partial charge < -0.3 is 15.9 Å². The van der Waals surface area contributed by atoms with Crippen molar-refractivity contribution in [1.29, 1.82) is 0 Å². The van der Waals surface area contributed by atoms with E-state index in [9.17, 15) is 10.2 Å². The third-order valence-electron chi connectivity index (χ3n) is 9.63. The first-order valence-corrected chi connectivity index (χ1v) is 10.4. The van der Waals surface area contributed by atoms with E-state index in [1.807, 2.05) is 6.92 Å². The molecule has 0 spiro atoms. The van der Waals surface area contributed by atoms with Gasteiger partial charge in [0.2, 0.25) is 0 Å². The maximum atomic E-state index is 10.4. The molecule has 0 radical (unpaired) electrons. The molecule has 9 atom stereocenters. The summed E-state index contributed by atoms with van der Waals surface area (Å²) in [5, 5.41) is 20.5. The summed E-state index contributed by atoms with van der Waals surface area (Å²) in [5.41, 5.74) is 7.60.